The molecule has 2 aromatic rings. The Kier molecular flexibility index (Phi) is 4.65. The van der Waals surface area contributed by atoms with Crippen molar-refractivity contribution in [3.05, 3.63) is 36.0 Å². The zero-order valence-electron chi connectivity index (χ0n) is 11.9. The summed E-state index contributed by atoms with van der Waals surface area (Å²) in [6.45, 7) is 7.60. The van der Waals surface area contributed by atoms with E-state index < -0.39 is 0 Å². The number of hydrogen-bond acceptors (Lipinski definition) is 2. The molecule has 0 spiro atoms. The molecular formula is C16H21ClN2. The molecule has 3 heteroatoms. The molecule has 0 N–H and O–H groups in total. The lowest BCUT2D eigenvalue weighted by atomic mass is 10.1. The molecule has 0 aliphatic heterocycles. The SMILES string of the molecule is CCC(C)N(CC)c1ncc(CCl)c2ccccc12. The summed E-state index contributed by atoms with van der Waals surface area (Å²) in [6.07, 6.45) is 3.02. The fourth-order valence-corrected chi connectivity index (χ4v) is 2.68. The lowest BCUT2D eigenvalue weighted by Crippen LogP contribution is -2.33. The van der Waals surface area contributed by atoms with Crippen molar-refractivity contribution in [1.29, 1.82) is 0 Å². The average molecular weight is 277 g/mol. The molecule has 1 aromatic carbocycles. The minimum absolute atomic E-state index is 0.489. The Balaban J connectivity index is 2.61. The monoisotopic (exact) mass is 276 g/mol. The second kappa shape index (κ2) is 6.25. The first kappa shape index (κ1) is 14.1. The van der Waals surface area contributed by atoms with Gasteiger partial charge in [-0.2, -0.15) is 0 Å². The van der Waals surface area contributed by atoms with Crippen molar-refractivity contribution in [3.8, 4) is 0 Å². The molecule has 0 fully saturated rings. The molecule has 0 aliphatic rings. The number of anilines is 1. The minimum Gasteiger partial charge on any atom is -0.354 e. The highest BCUT2D eigenvalue weighted by molar-refractivity contribution is 6.18. The maximum absolute atomic E-state index is 6.01. The van der Waals surface area contributed by atoms with E-state index in [9.17, 15) is 0 Å². The molecule has 1 atom stereocenters. The number of fused-ring (bicyclic) bond motifs is 1. The number of halogens is 1. The van der Waals surface area contributed by atoms with Gasteiger partial charge >= 0.3 is 0 Å². The molecule has 0 saturated carbocycles. The number of nitrogens with zero attached hydrogens (tertiary/aromatic N) is 2. The number of benzene rings is 1. The Morgan fingerprint density at radius 2 is 1.89 bits per heavy atom. The van der Waals surface area contributed by atoms with Crippen molar-refractivity contribution in [2.75, 3.05) is 11.4 Å². The lowest BCUT2D eigenvalue weighted by Gasteiger charge is -2.29. The van der Waals surface area contributed by atoms with Crippen LogP contribution in [0.15, 0.2) is 30.5 Å². The highest BCUT2D eigenvalue weighted by atomic mass is 35.5. The quantitative estimate of drug-likeness (QED) is 0.742. The van der Waals surface area contributed by atoms with Gasteiger partial charge in [0.2, 0.25) is 0 Å². The lowest BCUT2D eigenvalue weighted by molar-refractivity contribution is 0.625. The predicted molar refractivity (Wildman–Crippen MR) is 84.1 cm³/mol. The van der Waals surface area contributed by atoms with Crippen LogP contribution in [0.1, 0.15) is 32.8 Å². The zero-order valence-corrected chi connectivity index (χ0v) is 12.6. The van der Waals surface area contributed by atoms with Crippen molar-refractivity contribution >= 4 is 28.2 Å². The number of hydrogen-bond donors (Lipinski definition) is 0. The minimum atomic E-state index is 0.489. The summed E-state index contributed by atoms with van der Waals surface area (Å²) in [5.74, 6) is 1.57. The van der Waals surface area contributed by atoms with Crippen molar-refractivity contribution in [2.45, 2.75) is 39.1 Å². The summed E-state index contributed by atoms with van der Waals surface area (Å²) < 4.78 is 0. The van der Waals surface area contributed by atoms with Crippen LogP contribution in [0.5, 0.6) is 0 Å². The van der Waals surface area contributed by atoms with Gasteiger partial charge in [-0.25, -0.2) is 4.98 Å². The van der Waals surface area contributed by atoms with E-state index >= 15 is 0 Å². The summed E-state index contributed by atoms with van der Waals surface area (Å²) >= 11 is 6.01. The summed E-state index contributed by atoms with van der Waals surface area (Å²) in [7, 11) is 0. The molecule has 102 valence electrons. The van der Waals surface area contributed by atoms with Crippen molar-refractivity contribution in [2.24, 2.45) is 0 Å². The summed E-state index contributed by atoms with van der Waals surface area (Å²) in [5, 5.41) is 2.41. The van der Waals surface area contributed by atoms with Crippen LogP contribution in [0.4, 0.5) is 5.82 Å². The summed E-state index contributed by atoms with van der Waals surface area (Å²) in [5.41, 5.74) is 1.10. The van der Waals surface area contributed by atoms with Gasteiger partial charge in [0.25, 0.3) is 0 Å². The van der Waals surface area contributed by atoms with Gasteiger partial charge in [-0.3, -0.25) is 0 Å². The summed E-state index contributed by atoms with van der Waals surface area (Å²) in [4.78, 5) is 7.02. The van der Waals surface area contributed by atoms with Crippen LogP contribution in [-0.2, 0) is 5.88 Å². The van der Waals surface area contributed by atoms with Crippen LogP contribution in [0.2, 0.25) is 0 Å². The normalized spacial score (nSPS) is 12.6. The van der Waals surface area contributed by atoms with E-state index in [1.807, 2.05) is 6.20 Å². The maximum Gasteiger partial charge on any atom is 0.136 e. The highest BCUT2D eigenvalue weighted by Gasteiger charge is 2.16. The van der Waals surface area contributed by atoms with Crippen LogP contribution >= 0.6 is 11.6 Å². The standard InChI is InChI=1S/C16H21ClN2/c1-4-12(3)19(5-2)16-15-9-7-6-8-14(15)13(10-17)11-18-16/h6-9,11-12H,4-5,10H2,1-3H3. The maximum atomic E-state index is 6.01. The molecule has 0 aliphatic carbocycles. The molecule has 0 radical (unpaired) electrons. The third-order valence-electron chi connectivity index (χ3n) is 3.74. The van der Waals surface area contributed by atoms with E-state index in [1.165, 1.54) is 10.8 Å². The first-order valence-corrected chi connectivity index (χ1v) is 7.45. The van der Waals surface area contributed by atoms with Crippen molar-refractivity contribution in [1.82, 2.24) is 4.98 Å². The second-order valence-corrected chi connectivity index (χ2v) is 5.10. The van der Waals surface area contributed by atoms with Gasteiger partial charge in [-0.1, -0.05) is 31.2 Å². The van der Waals surface area contributed by atoms with E-state index in [1.54, 1.807) is 0 Å². The molecule has 0 saturated heterocycles. The third-order valence-corrected chi connectivity index (χ3v) is 4.02. The largest absolute Gasteiger partial charge is 0.354 e. The van der Waals surface area contributed by atoms with Gasteiger partial charge in [-0.05, 0) is 31.2 Å². The summed E-state index contributed by atoms with van der Waals surface area (Å²) in [6, 6.07) is 8.88. The van der Waals surface area contributed by atoms with Gasteiger partial charge in [0.15, 0.2) is 0 Å². The van der Waals surface area contributed by atoms with Gasteiger partial charge in [0, 0.05) is 30.0 Å². The van der Waals surface area contributed by atoms with Gasteiger partial charge in [0.05, 0.1) is 0 Å². The number of rotatable bonds is 5. The first-order valence-electron chi connectivity index (χ1n) is 6.92. The van der Waals surface area contributed by atoms with Gasteiger partial charge < -0.3 is 4.90 Å². The van der Waals surface area contributed by atoms with Crippen molar-refractivity contribution in [3.63, 3.8) is 0 Å². The predicted octanol–water partition coefficient (Wildman–Crippen LogP) is 4.60. The Morgan fingerprint density at radius 1 is 1.21 bits per heavy atom. The average Bonchev–Trinajstić information content (AvgIpc) is 2.47. The number of pyridine rings is 1. The topological polar surface area (TPSA) is 16.1 Å². The van der Waals surface area contributed by atoms with Crippen molar-refractivity contribution < 1.29 is 0 Å². The van der Waals surface area contributed by atoms with E-state index in [-0.39, 0.29) is 0 Å². The van der Waals surface area contributed by atoms with E-state index in [4.69, 9.17) is 11.6 Å². The van der Waals surface area contributed by atoms with Gasteiger partial charge in [0.1, 0.15) is 5.82 Å². The smallest absolute Gasteiger partial charge is 0.136 e. The fraction of sp³-hybridized carbons (Fsp3) is 0.438. The molecule has 2 rings (SSSR count). The third kappa shape index (κ3) is 2.69. The van der Waals surface area contributed by atoms with Crippen LogP contribution in [0.3, 0.4) is 0 Å². The molecule has 0 amide bonds. The molecular weight excluding hydrogens is 256 g/mol. The molecule has 1 aromatic heterocycles. The van der Waals surface area contributed by atoms with Gasteiger partial charge in [-0.15, -0.1) is 11.6 Å². The van der Waals surface area contributed by atoms with Crippen LogP contribution in [0.25, 0.3) is 10.8 Å². The Labute approximate surface area is 120 Å². The Morgan fingerprint density at radius 3 is 2.47 bits per heavy atom. The highest BCUT2D eigenvalue weighted by Crippen LogP contribution is 2.29. The second-order valence-electron chi connectivity index (χ2n) is 4.83. The number of alkyl halides is 1. The van der Waals surface area contributed by atoms with E-state index in [0.29, 0.717) is 11.9 Å². The van der Waals surface area contributed by atoms with Crippen LogP contribution < -0.4 is 4.90 Å². The molecule has 0 bridgehead atoms. The number of aromatic nitrogens is 1. The molecule has 1 heterocycles. The molecule has 19 heavy (non-hydrogen) atoms. The molecule has 1 unspecified atom stereocenters. The van der Waals surface area contributed by atoms with E-state index in [0.717, 1.165) is 24.3 Å². The Bertz CT molecular complexity index is 553. The van der Waals surface area contributed by atoms with E-state index in [2.05, 4.69) is 54.9 Å². The van der Waals surface area contributed by atoms with Crippen LogP contribution in [-0.4, -0.2) is 17.6 Å². The van der Waals surface area contributed by atoms with Crippen LogP contribution in [0, 0.1) is 0 Å². The Hall–Kier alpha value is -1.28. The zero-order chi connectivity index (χ0) is 13.8. The molecule has 2 nitrogen and oxygen atoms in total. The first-order chi connectivity index (χ1) is 9.22. The fourth-order valence-electron chi connectivity index (χ4n) is 2.46.